The van der Waals surface area contributed by atoms with Crippen molar-refractivity contribution in [2.45, 2.75) is 6.10 Å². The molecule has 1 N–H and O–H groups in total. The van der Waals surface area contributed by atoms with E-state index in [0.717, 1.165) is 19.7 Å². The lowest BCUT2D eigenvalue weighted by atomic mass is 10.3. The molecule has 1 aliphatic heterocycles. The van der Waals surface area contributed by atoms with Crippen LogP contribution in [0.4, 0.5) is 0 Å². The predicted octanol–water partition coefficient (Wildman–Crippen LogP) is -0.392. The first kappa shape index (κ1) is 5.61. The summed E-state index contributed by atoms with van der Waals surface area (Å²) in [7, 11) is 0. The molecule has 0 spiro atoms. The summed E-state index contributed by atoms with van der Waals surface area (Å²) < 4.78 is 5.13. The molecule has 0 radical (unpaired) electrons. The summed E-state index contributed by atoms with van der Waals surface area (Å²) in [5.41, 5.74) is 0. The van der Waals surface area contributed by atoms with E-state index in [9.17, 15) is 0 Å². The zero-order valence-corrected chi connectivity index (χ0v) is 4.68. The lowest BCUT2D eigenvalue weighted by Crippen LogP contribution is -2.37. The Labute approximate surface area is 49.2 Å². The minimum absolute atomic E-state index is 0.00347. The molecule has 1 atom stereocenters. The Kier molecular flexibility index (Phi) is 1.90. The van der Waals surface area contributed by atoms with Crippen molar-refractivity contribution in [2.24, 2.45) is 0 Å². The van der Waals surface area contributed by atoms with Crippen LogP contribution in [0.5, 0.6) is 0 Å². The first-order valence-corrected chi connectivity index (χ1v) is 2.72. The van der Waals surface area contributed by atoms with Gasteiger partial charge in [0.1, 0.15) is 6.10 Å². The van der Waals surface area contributed by atoms with Crippen molar-refractivity contribution in [1.82, 2.24) is 5.32 Å². The van der Waals surface area contributed by atoms with E-state index < -0.39 is 0 Å². The van der Waals surface area contributed by atoms with Gasteiger partial charge in [-0.05, 0) is 0 Å². The number of hydrogen-bond acceptors (Lipinski definition) is 2. The first-order valence-electron chi connectivity index (χ1n) is 2.72. The topological polar surface area (TPSA) is 21.3 Å². The van der Waals surface area contributed by atoms with Gasteiger partial charge in [0, 0.05) is 13.1 Å². The van der Waals surface area contributed by atoms with E-state index in [1.165, 1.54) is 0 Å². The summed E-state index contributed by atoms with van der Waals surface area (Å²) in [5.74, 6) is 2.52. The van der Waals surface area contributed by atoms with Crippen molar-refractivity contribution in [1.29, 1.82) is 0 Å². The molecule has 0 aliphatic carbocycles. The molecule has 8 heavy (non-hydrogen) atoms. The summed E-state index contributed by atoms with van der Waals surface area (Å²) in [5, 5.41) is 3.12. The molecule has 1 fully saturated rings. The number of nitrogens with one attached hydrogen (secondary N) is 1. The van der Waals surface area contributed by atoms with Gasteiger partial charge in [-0.2, -0.15) is 0 Å². The third kappa shape index (κ3) is 1.22. The average molecular weight is 111 g/mol. The Hall–Kier alpha value is -0.520. The van der Waals surface area contributed by atoms with Gasteiger partial charge in [0.2, 0.25) is 0 Å². The van der Waals surface area contributed by atoms with Gasteiger partial charge in [-0.1, -0.05) is 5.92 Å². The number of ether oxygens (including phenoxy) is 1. The highest BCUT2D eigenvalue weighted by Crippen LogP contribution is 1.91. The molecule has 44 valence electrons. The average Bonchev–Trinajstić information content (AvgIpc) is 1.90. The molecule has 0 aromatic carbocycles. The van der Waals surface area contributed by atoms with E-state index in [4.69, 9.17) is 11.2 Å². The van der Waals surface area contributed by atoms with Gasteiger partial charge in [-0.25, -0.2) is 0 Å². The van der Waals surface area contributed by atoms with Crippen LogP contribution in [0.1, 0.15) is 0 Å². The predicted molar refractivity (Wildman–Crippen MR) is 31.4 cm³/mol. The number of rotatable bonds is 0. The largest absolute Gasteiger partial charge is 0.363 e. The molecule has 0 aromatic rings. The third-order valence-corrected chi connectivity index (χ3v) is 1.11. The van der Waals surface area contributed by atoms with Crippen LogP contribution < -0.4 is 5.32 Å². The minimum atomic E-state index is 0.00347. The summed E-state index contributed by atoms with van der Waals surface area (Å²) in [6, 6.07) is 0. The highest BCUT2D eigenvalue weighted by Gasteiger charge is 2.07. The monoisotopic (exact) mass is 111 g/mol. The van der Waals surface area contributed by atoms with Gasteiger partial charge in [-0.15, -0.1) is 6.42 Å². The van der Waals surface area contributed by atoms with Gasteiger partial charge in [-0.3, -0.25) is 0 Å². The summed E-state index contributed by atoms with van der Waals surface area (Å²) in [6.45, 7) is 2.48. The van der Waals surface area contributed by atoms with Crippen molar-refractivity contribution < 1.29 is 4.74 Å². The normalized spacial score (nSPS) is 29.1. The Morgan fingerprint density at radius 3 is 3.00 bits per heavy atom. The zero-order valence-electron chi connectivity index (χ0n) is 4.68. The van der Waals surface area contributed by atoms with Crippen molar-refractivity contribution >= 4 is 0 Å². The van der Waals surface area contributed by atoms with Crippen LogP contribution in [0, 0.1) is 12.3 Å². The number of morpholine rings is 1. The summed E-state index contributed by atoms with van der Waals surface area (Å²) in [6.07, 6.45) is 5.09. The molecule has 2 nitrogen and oxygen atoms in total. The van der Waals surface area contributed by atoms with Crippen molar-refractivity contribution in [3.05, 3.63) is 0 Å². The highest BCUT2D eigenvalue weighted by atomic mass is 16.5. The van der Waals surface area contributed by atoms with Crippen molar-refractivity contribution in [2.75, 3.05) is 19.7 Å². The molecule has 1 aliphatic rings. The van der Waals surface area contributed by atoms with Gasteiger partial charge < -0.3 is 10.1 Å². The second-order valence-electron chi connectivity index (χ2n) is 1.73. The molecule has 0 bridgehead atoms. The fourth-order valence-electron chi connectivity index (χ4n) is 0.672. The van der Waals surface area contributed by atoms with Gasteiger partial charge in [0.15, 0.2) is 0 Å². The van der Waals surface area contributed by atoms with Crippen LogP contribution in [-0.2, 0) is 4.74 Å². The molecule has 0 saturated carbocycles. The maximum atomic E-state index is 5.13. The maximum Gasteiger partial charge on any atom is 0.130 e. The van der Waals surface area contributed by atoms with Gasteiger partial charge in [0.25, 0.3) is 0 Å². The van der Waals surface area contributed by atoms with Crippen molar-refractivity contribution in [3.63, 3.8) is 0 Å². The number of hydrogen-bond donors (Lipinski definition) is 1. The smallest absolute Gasteiger partial charge is 0.130 e. The maximum absolute atomic E-state index is 5.13. The molecular formula is C6H9NO. The van der Waals surface area contributed by atoms with E-state index >= 15 is 0 Å². The molecule has 0 amide bonds. The second-order valence-corrected chi connectivity index (χ2v) is 1.73. The van der Waals surface area contributed by atoms with E-state index in [-0.39, 0.29) is 6.10 Å². The van der Waals surface area contributed by atoms with E-state index in [1.54, 1.807) is 0 Å². The zero-order chi connectivity index (χ0) is 5.82. The highest BCUT2D eigenvalue weighted by molar-refractivity contribution is 4.96. The SMILES string of the molecule is C#C[C@@H]1CNCCO1. The summed E-state index contributed by atoms with van der Waals surface area (Å²) >= 11 is 0. The second kappa shape index (κ2) is 2.71. The molecule has 0 unspecified atom stereocenters. The molecular weight excluding hydrogens is 102 g/mol. The minimum Gasteiger partial charge on any atom is -0.363 e. The van der Waals surface area contributed by atoms with E-state index in [1.807, 2.05) is 0 Å². The lowest BCUT2D eigenvalue weighted by Gasteiger charge is -2.18. The van der Waals surface area contributed by atoms with E-state index in [0.29, 0.717) is 0 Å². The quantitative estimate of drug-likeness (QED) is 0.430. The lowest BCUT2D eigenvalue weighted by molar-refractivity contribution is 0.0652. The number of terminal acetylenes is 1. The Bertz CT molecular complexity index is 99.6. The Morgan fingerprint density at radius 1 is 1.75 bits per heavy atom. The van der Waals surface area contributed by atoms with Gasteiger partial charge >= 0.3 is 0 Å². The molecule has 0 aromatic heterocycles. The van der Waals surface area contributed by atoms with Crippen LogP contribution in [-0.4, -0.2) is 25.8 Å². The third-order valence-electron chi connectivity index (χ3n) is 1.11. The van der Waals surface area contributed by atoms with Crippen LogP contribution in [0.2, 0.25) is 0 Å². The molecule has 1 saturated heterocycles. The van der Waals surface area contributed by atoms with E-state index in [2.05, 4.69) is 11.2 Å². The Balaban J connectivity index is 2.25. The van der Waals surface area contributed by atoms with Crippen LogP contribution >= 0.6 is 0 Å². The fraction of sp³-hybridized carbons (Fsp3) is 0.667. The first-order chi connectivity index (χ1) is 3.93. The molecule has 2 heteroatoms. The molecule has 1 heterocycles. The van der Waals surface area contributed by atoms with Crippen LogP contribution in [0.3, 0.4) is 0 Å². The Morgan fingerprint density at radius 2 is 2.62 bits per heavy atom. The van der Waals surface area contributed by atoms with Crippen molar-refractivity contribution in [3.8, 4) is 12.3 Å². The van der Waals surface area contributed by atoms with Crippen LogP contribution in [0.15, 0.2) is 0 Å². The van der Waals surface area contributed by atoms with Crippen LogP contribution in [0.25, 0.3) is 0 Å². The van der Waals surface area contributed by atoms with Gasteiger partial charge in [0.05, 0.1) is 6.61 Å². The summed E-state index contributed by atoms with van der Waals surface area (Å²) in [4.78, 5) is 0. The fourth-order valence-corrected chi connectivity index (χ4v) is 0.672. The molecule has 1 rings (SSSR count). The standard InChI is InChI=1S/C6H9NO/c1-2-6-5-7-3-4-8-6/h1,6-7H,3-5H2/t6-/m1/s1.